The van der Waals surface area contributed by atoms with Crippen LogP contribution in [0, 0.1) is 16.7 Å². The van der Waals surface area contributed by atoms with Crippen LogP contribution in [0.1, 0.15) is 58.8 Å². The minimum absolute atomic E-state index is 0.0962. The maximum atomic E-state index is 11.7. The molecule has 2 fully saturated rings. The summed E-state index contributed by atoms with van der Waals surface area (Å²) in [6, 6.07) is 11.0. The van der Waals surface area contributed by atoms with Crippen LogP contribution >= 0.6 is 11.6 Å². The van der Waals surface area contributed by atoms with Gasteiger partial charge in [-0.1, -0.05) is 17.7 Å². The number of ether oxygens (including phenoxy) is 2. The van der Waals surface area contributed by atoms with Crippen LogP contribution in [0.25, 0.3) is 11.3 Å². The van der Waals surface area contributed by atoms with Crippen molar-refractivity contribution in [2.24, 2.45) is 5.41 Å². The molecule has 10 heteroatoms. The summed E-state index contributed by atoms with van der Waals surface area (Å²) < 4.78 is 10.5. The Hall–Kier alpha value is -2.93. The molecule has 2 aliphatic rings. The highest BCUT2D eigenvalue weighted by atomic mass is 35.5. The molecule has 1 aliphatic heterocycles. The second-order valence-electron chi connectivity index (χ2n) is 10.6. The number of esters is 1. The predicted molar refractivity (Wildman–Crippen MR) is 153 cm³/mol. The molecule has 3 N–H and O–H groups in total. The first-order valence-corrected chi connectivity index (χ1v) is 14.3. The molecular formula is C29H39ClN6O3. The highest BCUT2D eigenvalue weighted by molar-refractivity contribution is 6.33. The number of carbonyl (C=O) groups excluding carboxylic acids is 1. The van der Waals surface area contributed by atoms with Crippen LogP contribution in [0.3, 0.4) is 0 Å². The standard InChI is InChI=1S/C29H39ClN6O3/c1-3-39-28(37)15-20(2)34-21-7-9-22(10-8-21)35-27-16-23(24(30)17-32-27)25-5-4-6-26(36-25)33-19-29(18-31)11-13-38-14-12-29/h4-6,16-17,20-22,34H,3,7-15,19H2,1-2H3,(H,32,35)(H,33,36)/t20-,21?,22?/m0/s1. The van der Waals surface area contributed by atoms with E-state index in [0.717, 1.165) is 42.8 Å². The molecule has 3 heterocycles. The van der Waals surface area contributed by atoms with Crippen molar-refractivity contribution < 1.29 is 14.3 Å². The van der Waals surface area contributed by atoms with E-state index >= 15 is 0 Å². The second-order valence-corrected chi connectivity index (χ2v) is 11.0. The number of nitrogens with one attached hydrogen (secondary N) is 3. The molecule has 1 saturated carbocycles. The largest absolute Gasteiger partial charge is 0.466 e. The topological polar surface area (TPSA) is 121 Å². The van der Waals surface area contributed by atoms with Crippen molar-refractivity contribution >= 4 is 29.2 Å². The van der Waals surface area contributed by atoms with E-state index in [1.807, 2.05) is 38.1 Å². The summed E-state index contributed by atoms with van der Waals surface area (Å²) in [4.78, 5) is 21.0. The van der Waals surface area contributed by atoms with Crippen LogP contribution in [0.4, 0.5) is 11.6 Å². The average molecular weight is 555 g/mol. The third-order valence-corrected chi connectivity index (χ3v) is 7.85. The van der Waals surface area contributed by atoms with Gasteiger partial charge in [-0.15, -0.1) is 0 Å². The zero-order chi connectivity index (χ0) is 27.7. The number of hydrogen-bond acceptors (Lipinski definition) is 9. The lowest BCUT2D eigenvalue weighted by Crippen LogP contribution is -2.42. The van der Waals surface area contributed by atoms with Gasteiger partial charge in [-0.3, -0.25) is 4.79 Å². The molecule has 1 atom stereocenters. The number of aromatic nitrogens is 2. The predicted octanol–water partition coefficient (Wildman–Crippen LogP) is 5.18. The summed E-state index contributed by atoms with van der Waals surface area (Å²) in [6.45, 7) is 6.02. The molecule has 0 radical (unpaired) electrons. The maximum Gasteiger partial charge on any atom is 0.307 e. The molecule has 2 aromatic heterocycles. The summed E-state index contributed by atoms with van der Waals surface area (Å²) in [6.07, 6.45) is 7.55. The van der Waals surface area contributed by atoms with E-state index in [-0.39, 0.29) is 12.0 Å². The minimum Gasteiger partial charge on any atom is -0.466 e. The van der Waals surface area contributed by atoms with E-state index < -0.39 is 5.41 Å². The number of nitriles is 1. The quantitative estimate of drug-likeness (QED) is 0.322. The molecular weight excluding hydrogens is 516 g/mol. The van der Waals surface area contributed by atoms with Crippen molar-refractivity contribution in [1.82, 2.24) is 15.3 Å². The van der Waals surface area contributed by atoms with Crippen molar-refractivity contribution in [2.45, 2.75) is 76.9 Å². The molecule has 0 bridgehead atoms. The molecule has 4 rings (SSSR count). The van der Waals surface area contributed by atoms with Crippen molar-refractivity contribution in [3.63, 3.8) is 0 Å². The third kappa shape index (κ3) is 8.28. The van der Waals surface area contributed by atoms with E-state index in [2.05, 4.69) is 27.0 Å². The Kier molecular flexibility index (Phi) is 10.4. The van der Waals surface area contributed by atoms with Gasteiger partial charge < -0.3 is 25.4 Å². The van der Waals surface area contributed by atoms with Gasteiger partial charge in [-0.05, 0) is 70.6 Å². The Morgan fingerprint density at radius 1 is 1.23 bits per heavy atom. The number of carbonyl (C=O) groups is 1. The zero-order valence-electron chi connectivity index (χ0n) is 22.8. The van der Waals surface area contributed by atoms with Crippen LogP contribution in [-0.2, 0) is 14.3 Å². The lowest BCUT2D eigenvalue weighted by Gasteiger charge is -2.32. The lowest BCUT2D eigenvalue weighted by molar-refractivity contribution is -0.143. The second kappa shape index (κ2) is 13.9. The first-order chi connectivity index (χ1) is 18.9. The normalized spacial score (nSPS) is 21.4. The summed E-state index contributed by atoms with van der Waals surface area (Å²) in [5.41, 5.74) is 1.12. The van der Waals surface area contributed by atoms with Crippen LogP contribution in [0.2, 0.25) is 5.02 Å². The monoisotopic (exact) mass is 554 g/mol. The van der Waals surface area contributed by atoms with Gasteiger partial charge in [0, 0.05) is 49.6 Å². The summed E-state index contributed by atoms with van der Waals surface area (Å²) in [5.74, 6) is 1.32. The van der Waals surface area contributed by atoms with Gasteiger partial charge in [0.2, 0.25) is 0 Å². The summed E-state index contributed by atoms with van der Waals surface area (Å²) in [5, 5.41) is 20.8. The number of pyridine rings is 2. The van der Waals surface area contributed by atoms with Gasteiger partial charge in [0.1, 0.15) is 11.6 Å². The molecule has 1 saturated heterocycles. The molecule has 0 amide bonds. The Morgan fingerprint density at radius 2 is 1.97 bits per heavy atom. The Labute approximate surface area is 236 Å². The molecule has 39 heavy (non-hydrogen) atoms. The van der Waals surface area contributed by atoms with Gasteiger partial charge in [0.05, 0.1) is 35.2 Å². The minimum atomic E-state index is -0.436. The smallest absolute Gasteiger partial charge is 0.307 e. The van der Waals surface area contributed by atoms with E-state index in [9.17, 15) is 10.1 Å². The van der Waals surface area contributed by atoms with E-state index in [1.54, 1.807) is 6.20 Å². The summed E-state index contributed by atoms with van der Waals surface area (Å²) in [7, 11) is 0. The fourth-order valence-corrected chi connectivity index (χ4v) is 5.49. The van der Waals surface area contributed by atoms with Gasteiger partial charge in [-0.25, -0.2) is 9.97 Å². The van der Waals surface area contributed by atoms with Crippen LogP contribution in [0.5, 0.6) is 0 Å². The first-order valence-electron chi connectivity index (χ1n) is 13.9. The van der Waals surface area contributed by atoms with E-state index in [4.69, 9.17) is 26.1 Å². The summed E-state index contributed by atoms with van der Waals surface area (Å²) >= 11 is 6.54. The Morgan fingerprint density at radius 3 is 2.69 bits per heavy atom. The highest BCUT2D eigenvalue weighted by Gasteiger charge is 2.32. The maximum absolute atomic E-state index is 11.7. The van der Waals surface area contributed by atoms with Crippen LogP contribution in [-0.4, -0.2) is 60.4 Å². The number of nitrogens with zero attached hydrogens (tertiary/aromatic N) is 3. The Bertz CT molecular complexity index is 1140. The van der Waals surface area contributed by atoms with Gasteiger partial charge in [0.25, 0.3) is 0 Å². The number of halogens is 1. The fraction of sp³-hybridized carbons (Fsp3) is 0.586. The number of hydrogen-bond donors (Lipinski definition) is 3. The van der Waals surface area contributed by atoms with Crippen LogP contribution in [0.15, 0.2) is 30.5 Å². The molecule has 0 unspecified atom stereocenters. The van der Waals surface area contributed by atoms with Crippen molar-refractivity contribution in [1.29, 1.82) is 5.26 Å². The lowest BCUT2D eigenvalue weighted by atomic mass is 9.82. The van der Waals surface area contributed by atoms with Gasteiger partial charge in [0.15, 0.2) is 0 Å². The van der Waals surface area contributed by atoms with Crippen LogP contribution < -0.4 is 16.0 Å². The number of rotatable bonds is 11. The molecule has 210 valence electrons. The Balaban J connectivity index is 1.33. The zero-order valence-corrected chi connectivity index (χ0v) is 23.6. The van der Waals surface area contributed by atoms with E-state index in [0.29, 0.717) is 68.6 Å². The van der Waals surface area contributed by atoms with Gasteiger partial charge in [-0.2, -0.15) is 5.26 Å². The SMILES string of the molecule is CCOC(=O)C[C@H](C)NC1CCC(Nc2cc(-c3cccc(NCC4(C#N)CCOCC4)n3)c(Cl)cn2)CC1. The number of anilines is 2. The van der Waals surface area contributed by atoms with Gasteiger partial charge >= 0.3 is 5.97 Å². The van der Waals surface area contributed by atoms with E-state index in [1.165, 1.54) is 0 Å². The first kappa shape index (κ1) is 29.1. The molecule has 2 aromatic rings. The average Bonchev–Trinajstić information content (AvgIpc) is 2.95. The molecule has 9 nitrogen and oxygen atoms in total. The fourth-order valence-electron chi connectivity index (χ4n) is 5.29. The third-order valence-electron chi connectivity index (χ3n) is 7.55. The van der Waals surface area contributed by atoms with Crippen molar-refractivity contribution in [2.75, 3.05) is 37.0 Å². The van der Waals surface area contributed by atoms with Crippen molar-refractivity contribution in [3.05, 3.63) is 35.5 Å². The molecule has 0 aromatic carbocycles. The molecule has 1 aliphatic carbocycles. The molecule has 0 spiro atoms. The van der Waals surface area contributed by atoms with Crippen molar-refractivity contribution in [3.8, 4) is 17.3 Å². The highest BCUT2D eigenvalue weighted by Crippen LogP contribution is 2.32.